The lowest BCUT2D eigenvalue weighted by Crippen LogP contribution is -2.42. The van der Waals surface area contributed by atoms with E-state index in [4.69, 9.17) is 5.26 Å². The summed E-state index contributed by atoms with van der Waals surface area (Å²) < 4.78 is 0. The third kappa shape index (κ3) is 2.80. The highest BCUT2D eigenvalue weighted by molar-refractivity contribution is 5.78. The van der Waals surface area contributed by atoms with Gasteiger partial charge in [-0.1, -0.05) is 19.8 Å². The number of hydrogen-bond donors (Lipinski definition) is 0. The van der Waals surface area contributed by atoms with Crippen LogP contribution >= 0.6 is 0 Å². The second-order valence-corrected chi connectivity index (χ2v) is 5.56. The second-order valence-electron chi connectivity index (χ2n) is 5.56. The largest absolute Gasteiger partial charge is 0.342 e. The molecule has 1 amide bonds. The first-order chi connectivity index (χ1) is 8.22. The number of rotatable bonds is 2. The zero-order valence-electron chi connectivity index (χ0n) is 10.7. The van der Waals surface area contributed by atoms with Crippen molar-refractivity contribution in [1.82, 2.24) is 4.90 Å². The monoisotopic (exact) mass is 234 g/mol. The molecule has 3 heteroatoms. The number of hydrogen-bond acceptors (Lipinski definition) is 2. The van der Waals surface area contributed by atoms with E-state index >= 15 is 0 Å². The van der Waals surface area contributed by atoms with Gasteiger partial charge in [-0.05, 0) is 31.6 Å². The average Bonchev–Trinajstić information content (AvgIpc) is 2.91. The molecule has 0 bridgehead atoms. The molecule has 0 radical (unpaired) electrons. The number of amides is 1. The van der Waals surface area contributed by atoms with Gasteiger partial charge in [-0.25, -0.2) is 0 Å². The van der Waals surface area contributed by atoms with E-state index in [1.54, 1.807) is 0 Å². The van der Waals surface area contributed by atoms with Gasteiger partial charge in [0, 0.05) is 24.9 Å². The van der Waals surface area contributed by atoms with Crippen LogP contribution in [-0.2, 0) is 4.79 Å². The van der Waals surface area contributed by atoms with Gasteiger partial charge in [0.2, 0.25) is 5.91 Å². The van der Waals surface area contributed by atoms with Crippen molar-refractivity contribution < 1.29 is 4.79 Å². The summed E-state index contributed by atoms with van der Waals surface area (Å²) in [6, 6.07) is 2.31. The smallest absolute Gasteiger partial charge is 0.225 e. The Kier molecular flexibility index (Phi) is 4.04. The van der Waals surface area contributed by atoms with E-state index in [0.29, 0.717) is 11.8 Å². The van der Waals surface area contributed by atoms with Gasteiger partial charge >= 0.3 is 0 Å². The van der Waals surface area contributed by atoms with Crippen LogP contribution in [0.15, 0.2) is 0 Å². The molecule has 1 aliphatic heterocycles. The van der Waals surface area contributed by atoms with Crippen LogP contribution in [0.4, 0.5) is 0 Å². The predicted molar refractivity (Wildman–Crippen MR) is 66.0 cm³/mol. The molecular formula is C14H22N2O. The van der Waals surface area contributed by atoms with Crippen molar-refractivity contribution in [3.63, 3.8) is 0 Å². The van der Waals surface area contributed by atoms with Crippen molar-refractivity contribution in [1.29, 1.82) is 5.26 Å². The van der Waals surface area contributed by atoms with E-state index in [0.717, 1.165) is 25.9 Å². The van der Waals surface area contributed by atoms with Crippen LogP contribution in [0.5, 0.6) is 0 Å². The zero-order chi connectivity index (χ0) is 12.3. The third-order valence-electron chi connectivity index (χ3n) is 4.49. The molecule has 2 fully saturated rings. The molecule has 94 valence electrons. The van der Waals surface area contributed by atoms with E-state index in [2.05, 4.69) is 13.0 Å². The molecule has 1 unspecified atom stereocenters. The summed E-state index contributed by atoms with van der Waals surface area (Å²) in [5.74, 6) is 1.29. The van der Waals surface area contributed by atoms with Crippen LogP contribution in [0.1, 0.15) is 45.4 Å². The molecular weight excluding hydrogens is 212 g/mol. The normalized spacial score (nSPS) is 24.6. The van der Waals surface area contributed by atoms with Crippen molar-refractivity contribution in [2.75, 3.05) is 13.1 Å². The second kappa shape index (κ2) is 5.53. The minimum absolute atomic E-state index is 0.167. The van der Waals surface area contributed by atoms with Crippen LogP contribution in [0.3, 0.4) is 0 Å². The minimum atomic E-state index is 0.167. The lowest BCUT2D eigenvalue weighted by molar-refractivity contribution is -0.137. The number of carbonyl (C=O) groups excluding carboxylic acids is 1. The molecule has 1 heterocycles. The fourth-order valence-electron chi connectivity index (χ4n) is 3.18. The van der Waals surface area contributed by atoms with E-state index in [-0.39, 0.29) is 11.8 Å². The predicted octanol–water partition coefficient (Wildman–Crippen LogP) is 2.57. The molecule has 0 aromatic carbocycles. The fraction of sp³-hybridized carbons (Fsp3) is 0.857. The van der Waals surface area contributed by atoms with Crippen molar-refractivity contribution in [2.45, 2.75) is 45.4 Å². The lowest BCUT2D eigenvalue weighted by Gasteiger charge is -2.32. The first-order valence-electron chi connectivity index (χ1n) is 6.90. The van der Waals surface area contributed by atoms with E-state index < -0.39 is 0 Å². The van der Waals surface area contributed by atoms with Crippen LogP contribution in [0.25, 0.3) is 0 Å². The maximum atomic E-state index is 12.3. The summed E-state index contributed by atoms with van der Waals surface area (Å²) >= 11 is 0. The van der Waals surface area contributed by atoms with Gasteiger partial charge < -0.3 is 4.90 Å². The highest BCUT2D eigenvalue weighted by atomic mass is 16.2. The molecule has 3 nitrogen and oxygen atoms in total. The summed E-state index contributed by atoms with van der Waals surface area (Å²) in [5, 5.41) is 8.84. The average molecular weight is 234 g/mol. The third-order valence-corrected chi connectivity index (χ3v) is 4.49. The fourth-order valence-corrected chi connectivity index (χ4v) is 3.18. The van der Waals surface area contributed by atoms with Gasteiger partial charge in [-0.15, -0.1) is 0 Å². The molecule has 1 saturated heterocycles. The summed E-state index contributed by atoms with van der Waals surface area (Å²) in [6.45, 7) is 3.66. The Morgan fingerprint density at radius 2 is 1.82 bits per heavy atom. The summed E-state index contributed by atoms with van der Waals surface area (Å²) in [6.07, 6.45) is 6.75. The molecule has 2 rings (SSSR count). The van der Waals surface area contributed by atoms with Crippen LogP contribution < -0.4 is 0 Å². The maximum Gasteiger partial charge on any atom is 0.225 e. The van der Waals surface area contributed by atoms with Crippen molar-refractivity contribution in [3.8, 4) is 6.07 Å². The summed E-state index contributed by atoms with van der Waals surface area (Å²) in [7, 11) is 0. The van der Waals surface area contributed by atoms with Gasteiger partial charge in [-0.2, -0.15) is 5.26 Å². The number of carbonyl (C=O) groups is 1. The van der Waals surface area contributed by atoms with Crippen LogP contribution in [-0.4, -0.2) is 23.9 Å². The van der Waals surface area contributed by atoms with Crippen molar-refractivity contribution >= 4 is 5.91 Å². The van der Waals surface area contributed by atoms with Crippen molar-refractivity contribution in [3.05, 3.63) is 0 Å². The Labute approximate surface area is 104 Å². The van der Waals surface area contributed by atoms with E-state index in [1.165, 1.54) is 25.7 Å². The van der Waals surface area contributed by atoms with Crippen LogP contribution in [0, 0.1) is 29.1 Å². The Morgan fingerprint density at radius 1 is 1.24 bits per heavy atom. The Bertz CT molecular complexity index is 307. The Hall–Kier alpha value is -1.04. The standard InChI is InChI=1S/C14H22N2O/c1-11(13-4-2-3-5-13)14(17)16-8-6-12(10-15)7-9-16/h11-13H,2-9H2,1H3. The van der Waals surface area contributed by atoms with Gasteiger partial charge in [0.1, 0.15) is 0 Å². The highest BCUT2D eigenvalue weighted by Gasteiger charge is 2.31. The molecule has 0 N–H and O–H groups in total. The van der Waals surface area contributed by atoms with Crippen molar-refractivity contribution in [2.24, 2.45) is 17.8 Å². The molecule has 0 aromatic heterocycles. The first-order valence-corrected chi connectivity index (χ1v) is 6.90. The summed E-state index contributed by atoms with van der Waals surface area (Å²) in [4.78, 5) is 14.3. The quantitative estimate of drug-likeness (QED) is 0.737. The van der Waals surface area contributed by atoms with Crippen LogP contribution in [0.2, 0.25) is 0 Å². The molecule has 1 atom stereocenters. The van der Waals surface area contributed by atoms with Gasteiger partial charge in [0.25, 0.3) is 0 Å². The summed E-state index contributed by atoms with van der Waals surface area (Å²) in [5.41, 5.74) is 0. The number of piperidine rings is 1. The minimum Gasteiger partial charge on any atom is -0.342 e. The Balaban J connectivity index is 1.85. The topological polar surface area (TPSA) is 44.1 Å². The molecule has 0 aromatic rings. The Morgan fingerprint density at radius 3 is 2.35 bits per heavy atom. The molecule has 2 aliphatic rings. The number of nitriles is 1. The highest BCUT2D eigenvalue weighted by Crippen LogP contribution is 2.32. The number of nitrogens with zero attached hydrogens (tertiary/aromatic N) is 2. The van der Waals surface area contributed by atoms with Gasteiger partial charge in [0.15, 0.2) is 0 Å². The number of likely N-dealkylation sites (tertiary alicyclic amines) is 1. The van der Waals surface area contributed by atoms with Gasteiger partial charge in [-0.3, -0.25) is 4.79 Å². The lowest BCUT2D eigenvalue weighted by atomic mass is 9.90. The SMILES string of the molecule is CC(C(=O)N1CCC(C#N)CC1)C1CCCC1. The maximum absolute atomic E-state index is 12.3. The molecule has 0 spiro atoms. The molecule has 1 saturated carbocycles. The first kappa shape index (κ1) is 12.4. The molecule has 17 heavy (non-hydrogen) atoms. The molecule has 1 aliphatic carbocycles. The van der Waals surface area contributed by atoms with E-state index in [9.17, 15) is 4.79 Å². The van der Waals surface area contributed by atoms with Gasteiger partial charge in [0.05, 0.1) is 6.07 Å². The van der Waals surface area contributed by atoms with E-state index in [1.807, 2.05) is 4.90 Å². The zero-order valence-corrected chi connectivity index (χ0v) is 10.7.